The molecule has 0 spiro atoms. The van der Waals surface area contributed by atoms with Crippen LogP contribution in [0.2, 0.25) is 0 Å². The van der Waals surface area contributed by atoms with E-state index in [1.165, 1.54) is 12.1 Å². The first-order valence-electron chi connectivity index (χ1n) is 14.5. The van der Waals surface area contributed by atoms with E-state index in [1.54, 1.807) is 70.3 Å². The van der Waals surface area contributed by atoms with Crippen molar-refractivity contribution >= 4 is 28.0 Å². The number of carbonyl (C=O) groups excluding carboxylic acids is 1. The van der Waals surface area contributed by atoms with Gasteiger partial charge in [0.2, 0.25) is 11.6 Å². The van der Waals surface area contributed by atoms with Crippen LogP contribution < -0.4 is 5.73 Å². The predicted octanol–water partition coefficient (Wildman–Crippen LogP) is 3.78. The molecule has 8 rings (SSSR count). The molecular weight excluding hydrogens is 634 g/mol. The number of benzene rings is 2. The molecule has 6 heterocycles. The Morgan fingerprint density at radius 1 is 0.755 bits per heavy atom. The van der Waals surface area contributed by atoms with Gasteiger partial charge in [-0.15, -0.1) is 5.10 Å². The minimum absolute atomic E-state index is 0.0331. The van der Waals surface area contributed by atoms with Crippen LogP contribution in [0.3, 0.4) is 0 Å². The van der Waals surface area contributed by atoms with Crippen molar-refractivity contribution in [2.75, 3.05) is 0 Å². The van der Waals surface area contributed by atoms with E-state index in [9.17, 15) is 13.6 Å². The van der Waals surface area contributed by atoms with Gasteiger partial charge in [-0.3, -0.25) is 15.0 Å². The summed E-state index contributed by atoms with van der Waals surface area (Å²) in [5, 5.41) is 32.2. The molecule has 0 saturated heterocycles. The Morgan fingerprint density at radius 3 is 1.86 bits per heavy atom. The van der Waals surface area contributed by atoms with Crippen molar-refractivity contribution in [1.82, 2.24) is 59.9 Å². The maximum Gasteiger partial charge on any atom is 0.286 e. The number of aromatic amines is 2. The molecule has 1 amide bonds. The lowest BCUT2D eigenvalue weighted by Crippen LogP contribution is -2.12. The topological polar surface area (TPSA) is 211 Å². The maximum absolute atomic E-state index is 14.0. The summed E-state index contributed by atoms with van der Waals surface area (Å²) < 4.78 is 31.1. The number of nitrogens with two attached hydrogens (primary N) is 1. The Balaban J connectivity index is 0.000000154. The molecule has 0 aliphatic rings. The zero-order valence-corrected chi connectivity index (χ0v) is 25.2. The molecule has 4 N–H and O–H groups in total. The van der Waals surface area contributed by atoms with Crippen LogP contribution in [0.4, 0.5) is 8.78 Å². The lowest BCUT2D eigenvalue weighted by Gasteiger charge is -2.04. The first kappa shape index (κ1) is 30.4. The molecule has 6 aromatic heterocycles. The van der Waals surface area contributed by atoms with E-state index in [0.29, 0.717) is 45.0 Å². The number of hydrogen-bond acceptors (Lipinski definition) is 10. The Kier molecular flexibility index (Phi) is 8.00. The van der Waals surface area contributed by atoms with E-state index < -0.39 is 5.91 Å². The van der Waals surface area contributed by atoms with Gasteiger partial charge in [0.25, 0.3) is 11.7 Å². The molecule has 0 atom stereocenters. The number of carbonyl (C=O) groups is 1. The highest BCUT2D eigenvalue weighted by Gasteiger charge is 2.20. The summed E-state index contributed by atoms with van der Waals surface area (Å²) in [5.74, 6) is -0.771. The summed E-state index contributed by atoms with van der Waals surface area (Å²) in [6.07, 6.45) is 3.27. The van der Waals surface area contributed by atoms with Gasteiger partial charge in [-0.1, -0.05) is 36.4 Å². The van der Waals surface area contributed by atoms with Crippen molar-refractivity contribution in [3.63, 3.8) is 0 Å². The van der Waals surface area contributed by atoms with Crippen molar-refractivity contribution < 1.29 is 13.6 Å². The monoisotopic (exact) mass is 656 g/mol. The van der Waals surface area contributed by atoms with Gasteiger partial charge >= 0.3 is 0 Å². The number of nitriles is 1. The van der Waals surface area contributed by atoms with E-state index in [0.717, 1.165) is 5.39 Å². The highest BCUT2D eigenvalue weighted by molar-refractivity contribution is 5.92. The van der Waals surface area contributed by atoms with Gasteiger partial charge in [0.1, 0.15) is 29.1 Å². The molecule has 0 radical (unpaired) electrons. The molecule has 8 aromatic rings. The van der Waals surface area contributed by atoms with Gasteiger partial charge in [0, 0.05) is 23.5 Å². The van der Waals surface area contributed by atoms with Crippen LogP contribution in [-0.2, 0) is 13.1 Å². The molecule has 0 bridgehead atoms. The molecule has 15 nitrogen and oxygen atoms in total. The fourth-order valence-corrected chi connectivity index (χ4v) is 5.05. The second kappa shape index (κ2) is 12.9. The van der Waals surface area contributed by atoms with Crippen molar-refractivity contribution in [2.45, 2.75) is 13.1 Å². The Morgan fingerprint density at radius 2 is 1.33 bits per heavy atom. The highest BCUT2D eigenvalue weighted by atomic mass is 19.1. The van der Waals surface area contributed by atoms with E-state index in [4.69, 9.17) is 11.0 Å². The third kappa shape index (κ3) is 6.04. The van der Waals surface area contributed by atoms with Gasteiger partial charge in [-0.05, 0) is 36.4 Å². The minimum atomic E-state index is -0.716. The number of nitrogens with zero attached hydrogens (tertiary/aromatic N) is 11. The van der Waals surface area contributed by atoms with Crippen molar-refractivity contribution in [3.05, 3.63) is 120 Å². The molecule has 240 valence electrons. The van der Waals surface area contributed by atoms with Gasteiger partial charge in [0.15, 0.2) is 17.1 Å². The second-order valence-corrected chi connectivity index (χ2v) is 10.4. The SMILES string of the molecule is N#Cc1n[nH]c(-c2nn(Cc3ccccc3F)c3ncccc23)n1.NC(=O)c1nc(-c2nn(Cc3ccccc3F)c3ncccc23)n[nH]1. The molecular formula is C32H22F2N14O. The number of aromatic nitrogens is 12. The van der Waals surface area contributed by atoms with Crippen LogP contribution in [-0.4, -0.2) is 65.8 Å². The zero-order chi connectivity index (χ0) is 33.9. The van der Waals surface area contributed by atoms with Crippen LogP contribution >= 0.6 is 0 Å². The Labute approximate surface area is 274 Å². The third-order valence-electron chi connectivity index (χ3n) is 7.31. The minimum Gasteiger partial charge on any atom is -0.363 e. The Bertz CT molecular complexity index is 2510. The Hall–Kier alpha value is -7.22. The molecule has 0 saturated carbocycles. The van der Waals surface area contributed by atoms with Crippen LogP contribution in [0, 0.1) is 23.0 Å². The van der Waals surface area contributed by atoms with E-state index >= 15 is 0 Å². The lowest BCUT2D eigenvalue weighted by molar-refractivity contribution is 0.0991. The third-order valence-corrected chi connectivity index (χ3v) is 7.31. The molecule has 17 heteroatoms. The molecule has 49 heavy (non-hydrogen) atoms. The number of pyridine rings is 2. The summed E-state index contributed by atoms with van der Waals surface area (Å²) in [4.78, 5) is 28.0. The van der Waals surface area contributed by atoms with E-state index in [-0.39, 0.29) is 42.2 Å². The predicted molar refractivity (Wildman–Crippen MR) is 170 cm³/mol. The van der Waals surface area contributed by atoms with Crippen molar-refractivity contribution in [3.8, 4) is 29.1 Å². The van der Waals surface area contributed by atoms with Crippen LogP contribution in [0.1, 0.15) is 27.6 Å². The van der Waals surface area contributed by atoms with Crippen LogP contribution in [0.25, 0.3) is 45.1 Å². The number of nitrogens with one attached hydrogen (secondary N) is 2. The molecule has 0 aliphatic carbocycles. The standard InChI is InChI=1S/C16H12FN7O.C16H10FN7/c17-11-6-2-1-4-9(11)8-24-16-10(5-3-7-19-16)12(23-24)14-20-15(13(18)25)22-21-14;17-12-6-2-1-4-10(12)9-24-16-11(5-3-7-19-16)14(23-24)15-20-13(8-18)21-22-15/h1-7H,8H2,(H2,18,25)(H,20,21,22);1-7H,9H2,(H,20,21,22). The first-order valence-corrected chi connectivity index (χ1v) is 14.5. The fraction of sp³-hybridized carbons (Fsp3) is 0.0625. The fourth-order valence-electron chi connectivity index (χ4n) is 5.05. The quantitative estimate of drug-likeness (QED) is 0.226. The number of fused-ring (bicyclic) bond motifs is 2. The van der Waals surface area contributed by atoms with E-state index in [2.05, 4.69) is 50.5 Å². The number of amides is 1. The normalized spacial score (nSPS) is 11.0. The highest BCUT2D eigenvalue weighted by Crippen LogP contribution is 2.26. The van der Waals surface area contributed by atoms with Gasteiger partial charge in [0.05, 0.1) is 23.9 Å². The molecule has 2 aromatic carbocycles. The van der Waals surface area contributed by atoms with Crippen molar-refractivity contribution in [1.29, 1.82) is 5.26 Å². The first-order chi connectivity index (χ1) is 23.9. The van der Waals surface area contributed by atoms with Gasteiger partial charge in [-0.25, -0.2) is 33.1 Å². The molecule has 0 fully saturated rings. The number of H-pyrrole nitrogens is 2. The molecule has 0 unspecified atom stereocenters. The van der Waals surface area contributed by atoms with Crippen molar-refractivity contribution in [2.24, 2.45) is 5.73 Å². The van der Waals surface area contributed by atoms with Crippen LogP contribution in [0.15, 0.2) is 85.2 Å². The van der Waals surface area contributed by atoms with Gasteiger partial charge < -0.3 is 5.73 Å². The van der Waals surface area contributed by atoms with Crippen LogP contribution in [0.5, 0.6) is 0 Å². The summed E-state index contributed by atoms with van der Waals surface area (Å²) in [7, 11) is 0. The zero-order valence-electron chi connectivity index (χ0n) is 25.2. The van der Waals surface area contributed by atoms with Gasteiger partial charge in [-0.2, -0.15) is 25.5 Å². The summed E-state index contributed by atoms with van der Waals surface area (Å²) in [6.45, 7) is 0.437. The summed E-state index contributed by atoms with van der Waals surface area (Å²) in [6, 6.07) is 22.0. The second-order valence-electron chi connectivity index (χ2n) is 10.4. The van der Waals surface area contributed by atoms with E-state index in [1.807, 2.05) is 18.2 Å². The number of primary amides is 1. The summed E-state index contributed by atoms with van der Waals surface area (Å²) in [5.41, 5.74) is 8.30. The smallest absolute Gasteiger partial charge is 0.286 e. The lowest BCUT2D eigenvalue weighted by atomic mass is 10.2. The summed E-state index contributed by atoms with van der Waals surface area (Å²) >= 11 is 0. The maximum atomic E-state index is 14.0. The molecule has 0 aliphatic heterocycles. The largest absolute Gasteiger partial charge is 0.363 e. The average molecular weight is 657 g/mol. The number of hydrogen-bond donors (Lipinski definition) is 3. The number of halogens is 2. The average Bonchev–Trinajstić information content (AvgIpc) is 3.93. The number of rotatable bonds is 7.